The summed E-state index contributed by atoms with van der Waals surface area (Å²) in [6, 6.07) is 11.1. The van der Waals surface area contributed by atoms with Crippen molar-refractivity contribution in [3.63, 3.8) is 0 Å². The van der Waals surface area contributed by atoms with Gasteiger partial charge < -0.3 is 15.0 Å². The summed E-state index contributed by atoms with van der Waals surface area (Å²) in [5, 5.41) is 2.67. The zero-order valence-electron chi connectivity index (χ0n) is 12.5. The molecule has 6 heteroatoms. The predicted molar refractivity (Wildman–Crippen MR) is 83.8 cm³/mol. The van der Waals surface area contributed by atoms with Gasteiger partial charge in [-0.1, -0.05) is 12.1 Å². The van der Waals surface area contributed by atoms with E-state index in [0.29, 0.717) is 23.7 Å². The number of carbonyl (C=O) groups excluding carboxylic acids is 2. The Morgan fingerprint density at radius 2 is 2.00 bits per heavy atom. The molecule has 3 rings (SSSR count). The lowest BCUT2D eigenvalue weighted by Crippen LogP contribution is -2.38. The van der Waals surface area contributed by atoms with Crippen molar-refractivity contribution in [1.82, 2.24) is 0 Å². The minimum atomic E-state index is -0.317. The summed E-state index contributed by atoms with van der Waals surface area (Å²) in [6.07, 6.45) is 0. The fourth-order valence-electron chi connectivity index (χ4n) is 2.43. The van der Waals surface area contributed by atoms with Crippen LogP contribution >= 0.6 is 0 Å². The number of fused-ring (bicyclic) bond motifs is 1. The van der Waals surface area contributed by atoms with Gasteiger partial charge in [-0.25, -0.2) is 4.39 Å². The van der Waals surface area contributed by atoms with Crippen LogP contribution in [0.4, 0.5) is 15.8 Å². The molecule has 0 fully saturated rings. The van der Waals surface area contributed by atoms with Crippen LogP contribution in [0.3, 0.4) is 0 Å². The maximum Gasteiger partial charge on any atom is 0.265 e. The number of halogens is 1. The molecule has 2 aromatic rings. The van der Waals surface area contributed by atoms with Crippen LogP contribution in [0.2, 0.25) is 0 Å². The molecule has 0 aromatic heterocycles. The number of nitrogens with zero attached hydrogens (tertiary/aromatic N) is 1. The smallest absolute Gasteiger partial charge is 0.265 e. The van der Waals surface area contributed by atoms with E-state index in [1.54, 1.807) is 35.2 Å². The number of hydrogen-bond donors (Lipinski definition) is 1. The second kappa shape index (κ2) is 6.08. The fourth-order valence-corrected chi connectivity index (χ4v) is 2.43. The van der Waals surface area contributed by atoms with E-state index >= 15 is 0 Å². The Morgan fingerprint density at radius 3 is 2.70 bits per heavy atom. The second-order valence-electron chi connectivity index (χ2n) is 5.26. The number of benzene rings is 2. The highest BCUT2D eigenvalue weighted by atomic mass is 19.1. The zero-order valence-corrected chi connectivity index (χ0v) is 12.5. The standard InChI is InChI=1S/C17H15FN2O3/c1-11(21)19-14-6-7-15-16(8-14)23-10-17(22)20(15)9-12-2-4-13(18)5-3-12/h2-8H,9-10H2,1H3,(H,19,21). The molecule has 0 atom stereocenters. The molecule has 0 bridgehead atoms. The van der Waals surface area contributed by atoms with Gasteiger partial charge in [-0.15, -0.1) is 0 Å². The first-order valence-electron chi connectivity index (χ1n) is 7.12. The second-order valence-corrected chi connectivity index (χ2v) is 5.26. The predicted octanol–water partition coefficient (Wildman–Crippen LogP) is 2.71. The van der Waals surface area contributed by atoms with Gasteiger partial charge in [0.05, 0.1) is 12.2 Å². The number of anilines is 2. The molecule has 0 saturated carbocycles. The van der Waals surface area contributed by atoms with Crippen LogP contribution in [0.15, 0.2) is 42.5 Å². The molecule has 118 valence electrons. The third kappa shape index (κ3) is 3.31. The molecule has 1 heterocycles. The van der Waals surface area contributed by atoms with Crippen molar-refractivity contribution < 1.29 is 18.7 Å². The number of hydrogen-bond acceptors (Lipinski definition) is 3. The van der Waals surface area contributed by atoms with Crippen molar-refractivity contribution in [2.45, 2.75) is 13.5 Å². The zero-order chi connectivity index (χ0) is 16.4. The lowest BCUT2D eigenvalue weighted by molar-refractivity contribution is -0.121. The molecule has 0 spiro atoms. The van der Waals surface area contributed by atoms with Gasteiger partial charge >= 0.3 is 0 Å². The van der Waals surface area contributed by atoms with E-state index in [4.69, 9.17) is 4.74 Å². The number of nitrogens with one attached hydrogen (secondary N) is 1. The van der Waals surface area contributed by atoms with Crippen LogP contribution in [0, 0.1) is 5.82 Å². The maximum absolute atomic E-state index is 13.0. The largest absolute Gasteiger partial charge is 0.481 e. The van der Waals surface area contributed by atoms with Gasteiger partial charge in [-0.3, -0.25) is 9.59 Å². The molecular weight excluding hydrogens is 299 g/mol. The highest BCUT2D eigenvalue weighted by molar-refractivity contribution is 5.98. The van der Waals surface area contributed by atoms with Crippen LogP contribution in [-0.4, -0.2) is 18.4 Å². The average Bonchev–Trinajstić information content (AvgIpc) is 2.51. The topological polar surface area (TPSA) is 58.6 Å². The Balaban J connectivity index is 1.88. The maximum atomic E-state index is 13.0. The minimum Gasteiger partial charge on any atom is -0.481 e. The molecule has 0 unspecified atom stereocenters. The first-order chi connectivity index (χ1) is 11.0. The van der Waals surface area contributed by atoms with Gasteiger partial charge in [0.25, 0.3) is 5.91 Å². The molecule has 1 aliphatic rings. The summed E-state index contributed by atoms with van der Waals surface area (Å²) in [5.41, 5.74) is 2.05. The number of amides is 2. The number of rotatable bonds is 3. The molecule has 0 aliphatic carbocycles. The minimum absolute atomic E-state index is 0.0717. The Labute approximate surface area is 132 Å². The number of carbonyl (C=O) groups is 2. The van der Waals surface area contributed by atoms with Gasteiger partial charge in [0.1, 0.15) is 11.6 Å². The van der Waals surface area contributed by atoms with Crippen LogP contribution in [0.5, 0.6) is 5.75 Å². The van der Waals surface area contributed by atoms with Crippen molar-refractivity contribution in [2.24, 2.45) is 0 Å². The highest BCUT2D eigenvalue weighted by Crippen LogP contribution is 2.35. The first-order valence-corrected chi connectivity index (χ1v) is 7.12. The van der Waals surface area contributed by atoms with Crippen LogP contribution in [0.1, 0.15) is 12.5 Å². The summed E-state index contributed by atoms with van der Waals surface area (Å²) >= 11 is 0. The van der Waals surface area contributed by atoms with Crippen LogP contribution in [0.25, 0.3) is 0 Å². The van der Waals surface area contributed by atoms with Crippen molar-refractivity contribution >= 4 is 23.2 Å². The van der Waals surface area contributed by atoms with E-state index in [-0.39, 0.29) is 24.2 Å². The van der Waals surface area contributed by atoms with Crippen molar-refractivity contribution in [3.05, 3.63) is 53.8 Å². The Kier molecular flexibility index (Phi) is 3.97. The molecule has 1 N–H and O–H groups in total. The van der Waals surface area contributed by atoms with Gasteiger partial charge in [0.15, 0.2) is 6.61 Å². The van der Waals surface area contributed by atoms with Gasteiger partial charge in [-0.05, 0) is 29.8 Å². The molecule has 23 heavy (non-hydrogen) atoms. The molecule has 0 saturated heterocycles. The highest BCUT2D eigenvalue weighted by Gasteiger charge is 2.25. The summed E-state index contributed by atoms with van der Waals surface area (Å²) in [5.74, 6) is -0.144. The normalized spacial score (nSPS) is 13.3. The van der Waals surface area contributed by atoms with E-state index in [1.165, 1.54) is 19.1 Å². The lowest BCUT2D eigenvalue weighted by Gasteiger charge is -2.29. The Hall–Kier alpha value is -2.89. The van der Waals surface area contributed by atoms with Gasteiger partial charge in [0, 0.05) is 18.7 Å². The molecule has 1 aliphatic heterocycles. The van der Waals surface area contributed by atoms with Crippen LogP contribution < -0.4 is 15.0 Å². The lowest BCUT2D eigenvalue weighted by atomic mass is 10.1. The summed E-state index contributed by atoms with van der Waals surface area (Å²) in [7, 11) is 0. The molecular formula is C17H15FN2O3. The van der Waals surface area contributed by atoms with Crippen LogP contribution in [-0.2, 0) is 16.1 Å². The average molecular weight is 314 g/mol. The van der Waals surface area contributed by atoms with E-state index in [1.807, 2.05) is 0 Å². The van der Waals surface area contributed by atoms with Gasteiger partial charge in [-0.2, -0.15) is 0 Å². The Morgan fingerprint density at radius 1 is 1.26 bits per heavy atom. The van der Waals surface area contributed by atoms with Gasteiger partial charge in [0.2, 0.25) is 5.91 Å². The van der Waals surface area contributed by atoms with E-state index in [0.717, 1.165) is 5.56 Å². The van der Waals surface area contributed by atoms with E-state index < -0.39 is 0 Å². The SMILES string of the molecule is CC(=O)Nc1ccc2c(c1)OCC(=O)N2Cc1ccc(F)cc1. The Bertz CT molecular complexity index is 759. The summed E-state index contributed by atoms with van der Waals surface area (Å²) in [6.45, 7) is 1.68. The number of ether oxygens (including phenoxy) is 1. The molecule has 2 aromatic carbocycles. The first kappa shape index (κ1) is 15.0. The fraction of sp³-hybridized carbons (Fsp3) is 0.176. The van der Waals surface area contributed by atoms with Crippen molar-refractivity contribution in [1.29, 1.82) is 0 Å². The van der Waals surface area contributed by atoms with E-state index in [9.17, 15) is 14.0 Å². The van der Waals surface area contributed by atoms with E-state index in [2.05, 4.69) is 5.32 Å². The third-order valence-corrected chi connectivity index (χ3v) is 3.48. The quantitative estimate of drug-likeness (QED) is 0.947. The van der Waals surface area contributed by atoms with Crippen molar-refractivity contribution in [3.8, 4) is 5.75 Å². The summed E-state index contributed by atoms with van der Waals surface area (Å²) < 4.78 is 18.4. The van der Waals surface area contributed by atoms with Crippen molar-refractivity contribution in [2.75, 3.05) is 16.8 Å². The summed E-state index contributed by atoms with van der Waals surface area (Å²) in [4.78, 5) is 24.9. The molecule has 0 radical (unpaired) electrons. The molecule has 2 amide bonds. The third-order valence-electron chi connectivity index (χ3n) is 3.48. The monoisotopic (exact) mass is 314 g/mol. The molecule has 5 nitrogen and oxygen atoms in total.